The predicted molar refractivity (Wildman–Crippen MR) is 135 cm³/mol. The molecule has 1 aliphatic heterocycles. The third kappa shape index (κ3) is 7.39. The zero-order valence-corrected chi connectivity index (χ0v) is 20.3. The number of nitrogens with one attached hydrogen (secondary N) is 2. The van der Waals surface area contributed by atoms with Crippen molar-refractivity contribution in [3.63, 3.8) is 0 Å². The van der Waals surface area contributed by atoms with E-state index < -0.39 is 10.8 Å². The van der Waals surface area contributed by atoms with Crippen LogP contribution in [0.3, 0.4) is 0 Å². The lowest BCUT2D eigenvalue weighted by atomic mass is 10.2. The van der Waals surface area contributed by atoms with Crippen molar-refractivity contribution in [3.05, 3.63) is 65.7 Å². The van der Waals surface area contributed by atoms with Crippen LogP contribution in [-0.2, 0) is 27.9 Å². The van der Waals surface area contributed by atoms with Crippen molar-refractivity contribution in [2.45, 2.75) is 25.1 Å². The van der Waals surface area contributed by atoms with Gasteiger partial charge in [0.2, 0.25) is 5.91 Å². The van der Waals surface area contributed by atoms with E-state index in [9.17, 15) is 9.00 Å². The number of guanidine groups is 1. The molecule has 0 spiro atoms. The van der Waals surface area contributed by atoms with Crippen molar-refractivity contribution in [1.82, 2.24) is 10.6 Å². The molecule has 1 saturated heterocycles. The van der Waals surface area contributed by atoms with Gasteiger partial charge in [-0.2, -0.15) is 0 Å². The lowest BCUT2D eigenvalue weighted by Gasteiger charge is -2.16. The Hall–Kier alpha value is -1.94. The Morgan fingerprint density at radius 2 is 1.80 bits per heavy atom. The third-order valence-electron chi connectivity index (χ3n) is 4.80. The number of halogens is 1. The smallest absolute Gasteiger partial charge is 0.227 e. The SMILES string of the molecule is CN=C(NCCS(=O)Cc1ccccc1)NCc1ccc(N2CCCC2=O)cc1.I. The fraction of sp³-hybridized carbons (Fsp3) is 0.364. The molecule has 1 amide bonds. The summed E-state index contributed by atoms with van der Waals surface area (Å²) in [6.45, 7) is 2.02. The highest BCUT2D eigenvalue weighted by Gasteiger charge is 2.21. The van der Waals surface area contributed by atoms with Gasteiger partial charge in [0.1, 0.15) is 0 Å². The van der Waals surface area contributed by atoms with E-state index in [4.69, 9.17) is 0 Å². The molecule has 2 N–H and O–H groups in total. The molecular formula is C22H29IN4O2S. The highest BCUT2D eigenvalue weighted by Crippen LogP contribution is 2.21. The summed E-state index contributed by atoms with van der Waals surface area (Å²) in [7, 11) is 0.807. The largest absolute Gasteiger partial charge is 0.355 e. The first-order valence-corrected chi connectivity index (χ1v) is 11.4. The fourth-order valence-electron chi connectivity index (χ4n) is 3.24. The van der Waals surface area contributed by atoms with Crippen LogP contribution in [0.4, 0.5) is 5.69 Å². The number of nitrogens with zero attached hydrogens (tertiary/aromatic N) is 2. The Balaban J connectivity index is 0.00000320. The maximum atomic E-state index is 12.2. The van der Waals surface area contributed by atoms with Gasteiger partial charge in [0.15, 0.2) is 5.96 Å². The first kappa shape index (κ1) is 24.3. The van der Waals surface area contributed by atoms with Crippen molar-refractivity contribution < 1.29 is 9.00 Å². The van der Waals surface area contributed by atoms with E-state index in [0.29, 0.717) is 37.0 Å². The summed E-state index contributed by atoms with van der Waals surface area (Å²) < 4.78 is 12.2. The predicted octanol–water partition coefficient (Wildman–Crippen LogP) is 3.05. The molecule has 1 heterocycles. The highest BCUT2D eigenvalue weighted by molar-refractivity contribution is 14.0. The second-order valence-corrected chi connectivity index (χ2v) is 8.52. The minimum atomic E-state index is -0.914. The Morgan fingerprint density at radius 3 is 2.43 bits per heavy atom. The van der Waals surface area contributed by atoms with Gasteiger partial charge >= 0.3 is 0 Å². The van der Waals surface area contributed by atoms with Gasteiger partial charge in [-0.05, 0) is 29.7 Å². The Kier molecular flexibility index (Phi) is 10.3. The normalized spacial score (nSPS) is 14.9. The first-order chi connectivity index (χ1) is 14.2. The summed E-state index contributed by atoms with van der Waals surface area (Å²) in [5.41, 5.74) is 3.16. The number of hydrogen-bond acceptors (Lipinski definition) is 3. The number of benzene rings is 2. The zero-order chi connectivity index (χ0) is 20.5. The molecular weight excluding hydrogens is 511 g/mol. The second kappa shape index (κ2) is 12.7. The monoisotopic (exact) mass is 540 g/mol. The molecule has 2 aromatic carbocycles. The molecule has 1 aliphatic rings. The van der Waals surface area contributed by atoms with Crippen LogP contribution < -0.4 is 15.5 Å². The lowest BCUT2D eigenvalue weighted by molar-refractivity contribution is -0.117. The van der Waals surface area contributed by atoms with Crippen LogP contribution in [-0.4, -0.2) is 42.0 Å². The molecule has 2 aromatic rings. The topological polar surface area (TPSA) is 73.8 Å². The Bertz CT molecular complexity index is 859. The molecule has 0 saturated carbocycles. The molecule has 8 heteroatoms. The van der Waals surface area contributed by atoms with E-state index in [1.54, 1.807) is 7.05 Å². The molecule has 6 nitrogen and oxygen atoms in total. The summed E-state index contributed by atoms with van der Waals surface area (Å²) in [6, 6.07) is 17.9. The average molecular weight is 540 g/mol. The maximum Gasteiger partial charge on any atom is 0.227 e. The molecule has 0 aromatic heterocycles. The fourth-order valence-corrected chi connectivity index (χ4v) is 4.28. The van der Waals surface area contributed by atoms with Gasteiger partial charge in [0.25, 0.3) is 0 Å². The number of rotatable bonds is 8. The quantitative estimate of drug-likeness (QED) is 0.307. The number of amides is 1. The maximum absolute atomic E-state index is 12.2. The standard InChI is InChI=1S/C22H28N4O2S.HI/c1-23-22(24-13-15-29(28)17-19-6-3-2-4-7-19)25-16-18-9-11-20(12-10-18)26-14-5-8-21(26)27;/h2-4,6-7,9-12H,5,8,13-17H2,1H3,(H2,23,24,25);1H. The molecule has 1 atom stereocenters. The number of anilines is 1. The lowest BCUT2D eigenvalue weighted by Crippen LogP contribution is -2.38. The molecule has 30 heavy (non-hydrogen) atoms. The van der Waals surface area contributed by atoms with Gasteiger partial charge in [-0.25, -0.2) is 0 Å². The van der Waals surface area contributed by atoms with Crippen molar-refractivity contribution in [2.75, 3.05) is 30.8 Å². The van der Waals surface area contributed by atoms with Gasteiger partial charge in [-0.3, -0.25) is 14.0 Å². The van der Waals surface area contributed by atoms with Gasteiger partial charge in [0, 0.05) is 61.1 Å². The van der Waals surface area contributed by atoms with E-state index in [0.717, 1.165) is 29.8 Å². The minimum Gasteiger partial charge on any atom is -0.355 e. The molecule has 0 aliphatic carbocycles. The van der Waals surface area contributed by atoms with Crippen LogP contribution in [0.15, 0.2) is 59.6 Å². The number of carbonyl (C=O) groups excluding carboxylic acids is 1. The summed E-state index contributed by atoms with van der Waals surface area (Å²) in [6.07, 6.45) is 1.57. The number of hydrogen-bond donors (Lipinski definition) is 2. The van der Waals surface area contributed by atoms with Gasteiger partial charge in [-0.15, -0.1) is 24.0 Å². The van der Waals surface area contributed by atoms with Crippen LogP contribution in [0.2, 0.25) is 0 Å². The minimum absolute atomic E-state index is 0. The summed E-state index contributed by atoms with van der Waals surface area (Å²) in [4.78, 5) is 17.9. The highest BCUT2D eigenvalue weighted by atomic mass is 127. The van der Waals surface area contributed by atoms with E-state index in [2.05, 4.69) is 15.6 Å². The molecule has 162 valence electrons. The van der Waals surface area contributed by atoms with Crippen molar-refractivity contribution >= 4 is 52.3 Å². The van der Waals surface area contributed by atoms with E-state index in [-0.39, 0.29) is 29.9 Å². The Morgan fingerprint density at radius 1 is 1.07 bits per heavy atom. The number of carbonyl (C=O) groups is 1. The number of aliphatic imine (C=N–C) groups is 1. The molecule has 1 fully saturated rings. The van der Waals surface area contributed by atoms with Crippen LogP contribution in [0.5, 0.6) is 0 Å². The van der Waals surface area contributed by atoms with Gasteiger partial charge in [0.05, 0.1) is 0 Å². The van der Waals surface area contributed by atoms with Crippen LogP contribution >= 0.6 is 24.0 Å². The summed E-state index contributed by atoms with van der Waals surface area (Å²) in [5, 5.41) is 6.48. The van der Waals surface area contributed by atoms with Crippen LogP contribution in [0.1, 0.15) is 24.0 Å². The first-order valence-electron chi connectivity index (χ1n) is 9.88. The summed E-state index contributed by atoms with van der Waals surface area (Å²) >= 11 is 0. The van der Waals surface area contributed by atoms with Crippen LogP contribution in [0, 0.1) is 0 Å². The van der Waals surface area contributed by atoms with E-state index in [1.807, 2.05) is 59.5 Å². The Labute approximate surface area is 198 Å². The third-order valence-corrected chi connectivity index (χ3v) is 6.11. The van der Waals surface area contributed by atoms with E-state index in [1.165, 1.54) is 0 Å². The van der Waals surface area contributed by atoms with Gasteiger partial charge in [-0.1, -0.05) is 42.5 Å². The van der Waals surface area contributed by atoms with E-state index >= 15 is 0 Å². The zero-order valence-electron chi connectivity index (χ0n) is 17.2. The molecule has 0 radical (unpaired) electrons. The second-order valence-electron chi connectivity index (χ2n) is 6.94. The molecule has 0 bridgehead atoms. The average Bonchev–Trinajstić information content (AvgIpc) is 3.17. The van der Waals surface area contributed by atoms with Crippen molar-refractivity contribution in [1.29, 1.82) is 0 Å². The van der Waals surface area contributed by atoms with Crippen molar-refractivity contribution in [3.8, 4) is 0 Å². The molecule has 1 unspecified atom stereocenters. The molecule has 3 rings (SSSR count). The van der Waals surface area contributed by atoms with Crippen molar-refractivity contribution in [2.24, 2.45) is 4.99 Å². The van der Waals surface area contributed by atoms with Crippen LogP contribution in [0.25, 0.3) is 0 Å². The summed E-state index contributed by atoms with van der Waals surface area (Å²) in [5.74, 6) is 2.01. The van der Waals surface area contributed by atoms with Gasteiger partial charge < -0.3 is 15.5 Å².